The Hall–Kier alpha value is -0.770. The minimum atomic E-state index is 0.110. The highest BCUT2D eigenvalue weighted by Crippen LogP contribution is 2.19. The molecule has 4 nitrogen and oxygen atoms in total. The third-order valence-electron chi connectivity index (χ3n) is 3.45. The van der Waals surface area contributed by atoms with E-state index in [0.717, 1.165) is 32.4 Å². The standard InChI is InChI=1S/C11H21N3O/c1-8-3-2-4-14(7-8)11(15)13-10-5-9(12)6-10/h8-10H,2-7,12H2,1H3,(H,13,15). The van der Waals surface area contributed by atoms with Crippen molar-refractivity contribution in [3.63, 3.8) is 0 Å². The second-order valence-corrected chi connectivity index (χ2v) is 5.07. The van der Waals surface area contributed by atoms with Gasteiger partial charge in [-0.1, -0.05) is 6.92 Å². The fourth-order valence-corrected chi connectivity index (χ4v) is 2.42. The van der Waals surface area contributed by atoms with Crippen LogP contribution in [0.4, 0.5) is 4.79 Å². The molecule has 1 atom stereocenters. The zero-order chi connectivity index (χ0) is 10.8. The number of nitrogens with one attached hydrogen (secondary N) is 1. The molecule has 15 heavy (non-hydrogen) atoms. The van der Waals surface area contributed by atoms with E-state index in [0.29, 0.717) is 18.0 Å². The van der Waals surface area contributed by atoms with Crippen molar-refractivity contribution in [1.82, 2.24) is 10.2 Å². The van der Waals surface area contributed by atoms with Crippen molar-refractivity contribution in [3.05, 3.63) is 0 Å². The van der Waals surface area contributed by atoms with Gasteiger partial charge in [-0.2, -0.15) is 0 Å². The van der Waals surface area contributed by atoms with E-state index in [1.165, 1.54) is 6.42 Å². The summed E-state index contributed by atoms with van der Waals surface area (Å²) in [6.07, 6.45) is 4.26. The van der Waals surface area contributed by atoms with Gasteiger partial charge >= 0.3 is 6.03 Å². The van der Waals surface area contributed by atoms with Gasteiger partial charge in [-0.05, 0) is 31.6 Å². The Labute approximate surface area is 91.2 Å². The first kappa shape index (κ1) is 10.7. The lowest BCUT2D eigenvalue weighted by Gasteiger charge is -2.37. The number of carbonyl (C=O) groups is 1. The predicted octanol–water partition coefficient (Wildman–Crippen LogP) is 0.918. The SMILES string of the molecule is CC1CCCN(C(=O)NC2CC(N)C2)C1. The average molecular weight is 211 g/mol. The van der Waals surface area contributed by atoms with Crippen molar-refractivity contribution in [2.75, 3.05) is 13.1 Å². The Kier molecular flexibility index (Phi) is 3.14. The van der Waals surface area contributed by atoms with Gasteiger partial charge in [-0.15, -0.1) is 0 Å². The van der Waals surface area contributed by atoms with Gasteiger partial charge in [0.25, 0.3) is 0 Å². The van der Waals surface area contributed by atoms with Gasteiger partial charge in [0.05, 0.1) is 0 Å². The molecule has 1 aliphatic heterocycles. The topological polar surface area (TPSA) is 58.4 Å². The van der Waals surface area contributed by atoms with Crippen LogP contribution in [0.3, 0.4) is 0 Å². The van der Waals surface area contributed by atoms with Gasteiger partial charge < -0.3 is 16.0 Å². The maximum Gasteiger partial charge on any atom is 0.317 e. The Morgan fingerprint density at radius 1 is 1.47 bits per heavy atom. The highest BCUT2D eigenvalue weighted by Gasteiger charge is 2.29. The lowest BCUT2D eigenvalue weighted by atomic mass is 9.88. The lowest BCUT2D eigenvalue weighted by Crippen LogP contribution is -2.55. The van der Waals surface area contributed by atoms with E-state index in [-0.39, 0.29) is 6.03 Å². The highest BCUT2D eigenvalue weighted by molar-refractivity contribution is 5.74. The molecule has 2 aliphatic rings. The van der Waals surface area contributed by atoms with E-state index in [9.17, 15) is 4.79 Å². The van der Waals surface area contributed by atoms with Crippen LogP contribution in [0.25, 0.3) is 0 Å². The Bertz CT molecular complexity index is 238. The van der Waals surface area contributed by atoms with Crippen LogP contribution < -0.4 is 11.1 Å². The van der Waals surface area contributed by atoms with Crippen LogP contribution in [-0.4, -0.2) is 36.1 Å². The molecule has 1 saturated carbocycles. The molecule has 0 spiro atoms. The molecule has 0 radical (unpaired) electrons. The van der Waals surface area contributed by atoms with Crippen LogP contribution in [0.15, 0.2) is 0 Å². The fourth-order valence-electron chi connectivity index (χ4n) is 2.42. The highest BCUT2D eigenvalue weighted by atomic mass is 16.2. The van der Waals surface area contributed by atoms with Crippen LogP contribution in [0.2, 0.25) is 0 Å². The number of carbonyl (C=O) groups excluding carboxylic acids is 1. The van der Waals surface area contributed by atoms with Gasteiger partial charge in [0, 0.05) is 25.2 Å². The van der Waals surface area contributed by atoms with Gasteiger partial charge in [-0.25, -0.2) is 4.79 Å². The monoisotopic (exact) mass is 211 g/mol. The molecule has 3 N–H and O–H groups in total. The molecule has 0 aromatic carbocycles. The number of hydrogen-bond acceptors (Lipinski definition) is 2. The van der Waals surface area contributed by atoms with E-state index in [4.69, 9.17) is 5.73 Å². The number of rotatable bonds is 1. The van der Waals surface area contributed by atoms with E-state index >= 15 is 0 Å². The van der Waals surface area contributed by atoms with E-state index in [1.54, 1.807) is 0 Å². The molecule has 0 aromatic heterocycles. The van der Waals surface area contributed by atoms with Crippen LogP contribution >= 0.6 is 0 Å². The van der Waals surface area contributed by atoms with E-state index < -0.39 is 0 Å². The maximum atomic E-state index is 11.8. The first-order chi connectivity index (χ1) is 7.15. The second-order valence-electron chi connectivity index (χ2n) is 5.07. The van der Waals surface area contributed by atoms with Crippen LogP contribution in [0.5, 0.6) is 0 Å². The molecule has 2 rings (SSSR count). The predicted molar refractivity (Wildman–Crippen MR) is 59.5 cm³/mol. The number of piperidine rings is 1. The fraction of sp³-hybridized carbons (Fsp3) is 0.909. The van der Waals surface area contributed by atoms with Crippen LogP contribution in [-0.2, 0) is 0 Å². The van der Waals surface area contributed by atoms with E-state index in [2.05, 4.69) is 12.2 Å². The minimum Gasteiger partial charge on any atom is -0.335 e. The third-order valence-corrected chi connectivity index (χ3v) is 3.45. The van der Waals surface area contributed by atoms with Crippen molar-refractivity contribution < 1.29 is 4.79 Å². The molecular formula is C11H21N3O. The van der Waals surface area contributed by atoms with Crippen molar-refractivity contribution in [2.24, 2.45) is 11.7 Å². The molecule has 1 heterocycles. The zero-order valence-corrected chi connectivity index (χ0v) is 9.41. The summed E-state index contributed by atoms with van der Waals surface area (Å²) in [4.78, 5) is 13.8. The zero-order valence-electron chi connectivity index (χ0n) is 9.41. The van der Waals surface area contributed by atoms with Crippen LogP contribution in [0.1, 0.15) is 32.6 Å². The summed E-state index contributed by atoms with van der Waals surface area (Å²) in [5.74, 6) is 0.646. The first-order valence-corrected chi connectivity index (χ1v) is 5.96. The minimum absolute atomic E-state index is 0.110. The maximum absolute atomic E-state index is 11.8. The smallest absolute Gasteiger partial charge is 0.317 e. The van der Waals surface area contributed by atoms with Crippen molar-refractivity contribution in [3.8, 4) is 0 Å². The quantitative estimate of drug-likeness (QED) is 0.677. The Balaban J connectivity index is 1.75. The molecule has 2 fully saturated rings. The molecule has 1 unspecified atom stereocenters. The Morgan fingerprint density at radius 2 is 2.20 bits per heavy atom. The van der Waals surface area contributed by atoms with Crippen molar-refractivity contribution in [1.29, 1.82) is 0 Å². The molecule has 1 saturated heterocycles. The summed E-state index contributed by atoms with van der Waals surface area (Å²) < 4.78 is 0. The molecule has 0 aromatic rings. The molecule has 2 amide bonds. The normalized spacial score (nSPS) is 35.9. The summed E-state index contributed by atoms with van der Waals surface area (Å²) >= 11 is 0. The van der Waals surface area contributed by atoms with Crippen molar-refractivity contribution >= 4 is 6.03 Å². The van der Waals surface area contributed by atoms with Gasteiger partial charge in [-0.3, -0.25) is 0 Å². The number of urea groups is 1. The van der Waals surface area contributed by atoms with Gasteiger partial charge in [0.15, 0.2) is 0 Å². The molecule has 4 heteroatoms. The van der Waals surface area contributed by atoms with Crippen molar-refractivity contribution in [2.45, 2.75) is 44.7 Å². The number of hydrogen-bond donors (Lipinski definition) is 2. The third kappa shape index (κ3) is 2.62. The summed E-state index contributed by atoms with van der Waals surface area (Å²) in [7, 11) is 0. The number of nitrogens with zero attached hydrogens (tertiary/aromatic N) is 1. The number of nitrogens with two attached hydrogens (primary N) is 1. The molecule has 86 valence electrons. The van der Waals surface area contributed by atoms with Gasteiger partial charge in [0.2, 0.25) is 0 Å². The summed E-state index contributed by atoms with van der Waals surface area (Å²) in [6.45, 7) is 4.03. The molecule has 1 aliphatic carbocycles. The number of likely N-dealkylation sites (tertiary alicyclic amines) is 1. The van der Waals surface area contributed by atoms with Crippen LogP contribution in [0, 0.1) is 5.92 Å². The molecule has 0 bridgehead atoms. The summed E-state index contributed by atoms with van der Waals surface area (Å²) in [5.41, 5.74) is 5.68. The number of amides is 2. The molecular weight excluding hydrogens is 190 g/mol. The lowest BCUT2D eigenvalue weighted by molar-refractivity contribution is 0.158. The van der Waals surface area contributed by atoms with E-state index in [1.807, 2.05) is 4.90 Å². The first-order valence-electron chi connectivity index (χ1n) is 5.96. The summed E-state index contributed by atoms with van der Waals surface area (Å²) in [6, 6.07) is 0.735. The largest absolute Gasteiger partial charge is 0.335 e. The average Bonchev–Trinajstić information content (AvgIpc) is 2.15. The Morgan fingerprint density at radius 3 is 2.80 bits per heavy atom. The van der Waals surface area contributed by atoms with Gasteiger partial charge in [0.1, 0.15) is 0 Å². The summed E-state index contributed by atoms with van der Waals surface area (Å²) in [5, 5.41) is 3.04. The second kappa shape index (κ2) is 4.39.